The molecule has 1 unspecified atom stereocenters. The normalized spacial score (nSPS) is 12.4. The summed E-state index contributed by atoms with van der Waals surface area (Å²) in [6, 6.07) is 14.0. The standard InChI is InChI=1S/C15H17NO/c1-3-11(2)15(17)16-14-10-6-8-12-7-4-5-9-13(12)14/h4-11H,3H2,1-2H3,(H,16,17). The molecule has 2 aromatic carbocycles. The zero-order valence-corrected chi connectivity index (χ0v) is 10.2. The smallest absolute Gasteiger partial charge is 0.227 e. The van der Waals surface area contributed by atoms with E-state index in [1.54, 1.807) is 0 Å². The predicted octanol–water partition coefficient (Wildman–Crippen LogP) is 3.82. The number of nitrogens with one attached hydrogen (secondary N) is 1. The number of benzene rings is 2. The van der Waals surface area contributed by atoms with Crippen LogP contribution in [-0.2, 0) is 4.79 Å². The minimum Gasteiger partial charge on any atom is -0.325 e. The van der Waals surface area contributed by atoms with Crippen LogP contribution in [0.1, 0.15) is 20.3 Å². The van der Waals surface area contributed by atoms with Crippen LogP contribution in [0.3, 0.4) is 0 Å². The van der Waals surface area contributed by atoms with Crippen LogP contribution in [0.4, 0.5) is 5.69 Å². The summed E-state index contributed by atoms with van der Waals surface area (Å²) < 4.78 is 0. The Labute approximate surface area is 102 Å². The summed E-state index contributed by atoms with van der Waals surface area (Å²) in [7, 11) is 0. The maximum absolute atomic E-state index is 11.9. The molecule has 0 heterocycles. The molecule has 0 aliphatic carbocycles. The van der Waals surface area contributed by atoms with Gasteiger partial charge in [-0.3, -0.25) is 4.79 Å². The van der Waals surface area contributed by atoms with Gasteiger partial charge in [0, 0.05) is 17.0 Å². The third-order valence-corrected chi connectivity index (χ3v) is 3.11. The van der Waals surface area contributed by atoms with Gasteiger partial charge in [0.2, 0.25) is 5.91 Å². The van der Waals surface area contributed by atoms with Crippen molar-refractivity contribution >= 4 is 22.4 Å². The number of amides is 1. The second-order valence-electron chi connectivity index (χ2n) is 4.33. The van der Waals surface area contributed by atoms with E-state index >= 15 is 0 Å². The second-order valence-corrected chi connectivity index (χ2v) is 4.33. The van der Waals surface area contributed by atoms with E-state index in [-0.39, 0.29) is 11.8 Å². The maximum atomic E-state index is 11.9. The zero-order valence-electron chi connectivity index (χ0n) is 10.2. The number of carbonyl (C=O) groups is 1. The Balaban J connectivity index is 2.33. The lowest BCUT2D eigenvalue weighted by atomic mass is 10.1. The van der Waals surface area contributed by atoms with Crippen LogP contribution >= 0.6 is 0 Å². The highest BCUT2D eigenvalue weighted by Gasteiger charge is 2.11. The van der Waals surface area contributed by atoms with Gasteiger partial charge in [-0.2, -0.15) is 0 Å². The van der Waals surface area contributed by atoms with Gasteiger partial charge in [-0.05, 0) is 17.9 Å². The number of hydrogen-bond acceptors (Lipinski definition) is 1. The van der Waals surface area contributed by atoms with Crippen LogP contribution in [0.15, 0.2) is 42.5 Å². The van der Waals surface area contributed by atoms with Gasteiger partial charge < -0.3 is 5.32 Å². The van der Waals surface area contributed by atoms with Crippen LogP contribution in [0.5, 0.6) is 0 Å². The Morgan fingerprint density at radius 1 is 1.18 bits per heavy atom. The number of anilines is 1. The van der Waals surface area contributed by atoms with E-state index in [0.717, 1.165) is 22.9 Å². The highest BCUT2D eigenvalue weighted by atomic mass is 16.1. The van der Waals surface area contributed by atoms with E-state index in [4.69, 9.17) is 0 Å². The molecule has 0 radical (unpaired) electrons. The number of carbonyl (C=O) groups excluding carboxylic acids is 1. The van der Waals surface area contributed by atoms with Gasteiger partial charge in [0.15, 0.2) is 0 Å². The van der Waals surface area contributed by atoms with Crippen molar-refractivity contribution < 1.29 is 4.79 Å². The van der Waals surface area contributed by atoms with Crippen LogP contribution in [0.2, 0.25) is 0 Å². The molecule has 0 spiro atoms. The molecule has 1 N–H and O–H groups in total. The summed E-state index contributed by atoms with van der Waals surface area (Å²) in [4.78, 5) is 11.9. The largest absolute Gasteiger partial charge is 0.325 e. The molecule has 2 heteroatoms. The summed E-state index contributed by atoms with van der Waals surface area (Å²) >= 11 is 0. The molecule has 2 nitrogen and oxygen atoms in total. The average Bonchev–Trinajstić information content (AvgIpc) is 2.38. The van der Waals surface area contributed by atoms with Gasteiger partial charge >= 0.3 is 0 Å². The van der Waals surface area contributed by atoms with Crippen molar-refractivity contribution in [3.05, 3.63) is 42.5 Å². The van der Waals surface area contributed by atoms with Crippen LogP contribution in [0.25, 0.3) is 10.8 Å². The molecule has 0 saturated heterocycles. The summed E-state index contributed by atoms with van der Waals surface area (Å²) in [5.74, 6) is 0.137. The average molecular weight is 227 g/mol. The van der Waals surface area contributed by atoms with Crippen molar-refractivity contribution in [2.75, 3.05) is 5.32 Å². The van der Waals surface area contributed by atoms with Gasteiger partial charge in [0.1, 0.15) is 0 Å². The van der Waals surface area contributed by atoms with Crippen molar-refractivity contribution in [2.45, 2.75) is 20.3 Å². The molecule has 0 aromatic heterocycles. The molecular weight excluding hydrogens is 210 g/mol. The van der Waals surface area contributed by atoms with E-state index in [9.17, 15) is 4.79 Å². The Morgan fingerprint density at radius 2 is 1.88 bits per heavy atom. The van der Waals surface area contributed by atoms with Gasteiger partial charge in [-0.15, -0.1) is 0 Å². The molecule has 1 atom stereocenters. The van der Waals surface area contributed by atoms with Gasteiger partial charge in [0.25, 0.3) is 0 Å². The molecule has 2 aromatic rings. The van der Waals surface area contributed by atoms with E-state index < -0.39 is 0 Å². The molecule has 2 rings (SSSR count). The first-order valence-corrected chi connectivity index (χ1v) is 6.01. The Kier molecular flexibility index (Phi) is 3.43. The van der Waals surface area contributed by atoms with Gasteiger partial charge in [-0.1, -0.05) is 50.2 Å². The zero-order chi connectivity index (χ0) is 12.3. The van der Waals surface area contributed by atoms with Crippen molar-refractivity contribution in [3.8, 4) is 0 Å². The van der Waals surface area contributed by atoms with Gasteiger partial charge in [-0.25, -0.2) is 0 Å². The first kappa shape index (κ1) is 11.6. The lowest BCUT2D eigenvalue weighted by molar-refractivity contribution is -0.119. The fourth-order valence-electron chi connectivity index (χ4n) is 1.78. The van der Waals surface area contributed by atoms with Crippen molar-refractivity contribution in [2.24, 2.45) is 5.92 Å². The van der Waals surface area contributed by atoms with E-state index in [0.29, 0.717) is 0 Å². The predicted molar refractivity (Wildman–Crippen MR) is 72.0 cm³/mol. The van der Waals surface area contributed by atoms with E-state index in [2.05, 4.69) is 5.32 Å². The SMILES string of the molecule is CCC(C)C(=O)Nc1cccc2ccccc12. The summed E-state index contributed by atoms with van der Waals surface area (Å²) in [6.45, 7) is 3.97. The number of rotatable bonds is 3. The molecule has 1 amide bonds. The lowest BCUT2D eigenvalue weighted by Gasteiger charge is -2.12. The Morgan fingerprint density at radius 3 is 2.65 bits per heavy atom. The lowest BCUT2D eigenvalue weighted by Crippen LogP contribution is -2.19. The first-order chi connectivity index (χ1) is 8.22. The Hall–Kier alpha value is -1.83. The molecule has 0 aliphatic rings. The van der Waals surface area contributed by atoms with E-state index in [1.165, 1.54) is 0 Å². The fourth-order valence-corrected chi connectivity index (χ4v) is 1.78. The molecule has 0 bridgehead atoms. The summed E-state index contributed by atoms with van der Waals surface area (Å²) in [5, 5.41) is 5.23. The summed E-state index contributed by atoms with van der Waals surface area (Å²) in [5.41, 5.74) is 0.897. The van der Waals surface area contributed by atoms with E-state index in [1.807, 2.05) is 56.3 Å². The third-order valence-electron chi connectivity index (χ3n) is 3.11. The van der Waals surface area contributed by atoms with Crippen LogP contribution < -0.4 is 5.32 Å². The molecule has 0 saturated carbocycles. The molecule has 0 fully saturated rings. The number of fused-ring (bicyclic) bond motifs is 1. The van der Waals surface area contributed by atoms with Gasteiger partial charge in [0.05, 0.1) is 0 Å². The van der Waals surface area contributed by atoms with Crippen molar-refractivity contribution in [1.82, 2.24) is 0 Å². The molecular formula is C15H17NO. The van der Waals surface area contributed by atoms with Crippen LogP contribution in [0, 0.1) is 5.92 Å². The number of hydrogen-bond donors (Lipinski definition) is 1. The van der Waals surface area contributed by atoms with Crippen molar-refractivity contribution in [1.29, 1.82) is 0 Å². The molecule has 0 aliphatic heterocycles. The fraction of sp³-hybridized carbons (Fsp3) is 0.267. The molecule has 17 heavy (non-hydrogen) atoms. The van der Waals surface area contributed by atoms with Crippen LogP contribution in [-0.4, -0.2) is 5.91 Å². The quantitative estimate of drug-likeness (QED) is 0.848. The first-order valence-electron chi connectivity index (χ1n) is 6.01. The monoisotopic (exact) mass is 227 g/mol. The third kappa shape index (κ3) is 2.47. The second kappa shape index (κ2) is 5.00. The van der Waals surface area contributed by atoms with Crippen molar-refractivity contribution in [3.63, 3.8) is 0 Å². The minimum atomic E-state index is 0.0500. The highest BCUT2D eigenvalue weighted by molar-refractivity contribution is 6.02. The summed E-state index contributed by atoms with van der Waals surface area (Å²) in [6.07, 6.45) is 0.858. The maximum Gasteiger partial charge on any atom is 0.227 e. The topological polar surface area (TPSA) is 29.1 Å². The minimum absolute atomic E-state index is 0.0500. The Bertz CT molecular complexity index is 528. The molecule has 88 valence electrons. The highest BCUT2D eigenvalue weighted by Crippen LogP contribution is 2.23.